The van der Waals surface area contributed by atoms with Crippen LogP contribution < -0.4 is 5.32 Å². The number of imidazole rings is 1. The average molecular weight is 460 g/mol. The maximum Gasteiger partial charge on any atom is 0.226 e. The third-order valence-corrected chi connectivity index (χ3v) is 6.17. The van der Waals surface area contributed by atoms with Gasteiger partial charge in [-0.3, -0.25) is 4.79 Å². The van der Waals surface area contributed by atoms with Gasteiger partial charge in [-0.1, -0.05) is 60.7 Å². The van der Waals surface area contributed by atoms with E-state index < -0.39 is 6.10 Å². The molecule has 2 atom stereocenters. The number of nitrogens with one attached hydrogen (secondary N) is 1. The van der Waals surface area contributed by atoms with Crippen molar-refractivity contribution in [3.05, 3.63) is 95.1 Å². The van der Waals surface area contributed by atoms with Gasteiger partial charge < -0.3 is 15.0 Å². The number of carbonyl (C=O) groups is 1. The van der Waals surface area contributed by atoms with Crippen LogP contribution in [0, 0.1) is 0 Å². The van der Waals surface area contributed by atoms with Gasteiger partial charge in [0.15, 0.2) is 17.0 Å². The van der Waals surface area contributed by atoms with Gasteiger partial charge in [-0.2, -0.15) is 9.97 Å². The van der Waals surface area contributed by atoms with Crippen molar-refractivity contribution in [2.24, 2.45) is 0 Å². The fraction of sp³-hybridized carbons (Fsp3) is 0.200. The third kappa shape index (κ3) is 4.25. The van der Waals surface area contributed by atoms with Gasteiger partial charge in [0, 0.05) is 12.5 Å². The Balaban J connectivity index is 1.46. The number of benzene rings is 2. The molecule has 2 heterocycles. The third-order valence-electron chi connectivity index (χ3n) is 6.00. The minimum absolute atomic E-state index is 0.0822. The van der Waals surface area contributed by atoms with Crippen LogP contribution in [0.1, 0.15) is 29.5 Å². The molecule has 8 heteroatoms. The summed E-state index contributed by atoms with van der Waals surface area (Å²) >= 11 is 6.27. The molecule has 0 aliphatic heterocycles. The number of hydrogen-bond acceptors (Lipinski definition) is 6. The van der Waals surface area contributed by atoms with Crippen LogP contribution >= 0.6 is 11.6 Å². The summed E-state index contributed by atoms with van der Waals surface area (Å²) in [5.41, 5.74) is 3.99. The Kier molecular flexibility index (Phi) is 5.90. The van der Waals surface area contributed by atoms with E-state index in [2.05, 4.69) is 44.5 Å². The highest BCUT2D eigenvalue weighted by Crippen LogP contribution is 2.33. The summed E-state index contributed by atoms with van der Waals surface area (Å²) in [6.45, 7) is 0.576. The Morgan fingerprint density at radius 3 is 2.36 bits per heavy atom. The summed E-state index contributed by atoms with van der Waals surface area (Å²) in [6, 6.07) is 20.2. The lowest BCUT2D eigenvalue weighted by Crippen LogP contribution is -2.18. The van der Waals surface area contributed by atoms with Crippen LogP contribution in [0.25, 0.3) is 11.2 Å². The Morgan fingerprint density at radius 1 is 1.09 bits per heavy atom. The van der Waals surface area contributed by atoms with Crippen molar-refractivity contribution in [1.82, 2.24) is 19.5 Å². The first-order chi connectivity index (χ1) is 16.1. The van der Waals surface area contributed by atoms with Crippen molar-refractivity contribution in [1.29, 1.82) is 0 Å². The molecule has 0 spiro atoms. The van der Waals surface area contributed by atoms with E-state index in [1.807, 2.05) is 36.4 Å². The van der Waals surface area contributed by atoms with E-state index in [0.29, 0.717) is 35.5 Å². The first kappa shape index (κ1) is 21.3. The standard InChI is InChI=1S/C25H22ClN5O2/c26-25-29-23(22-24(30-25)31(15-28-22)20-11-16(14-32)12-21(20)33)27-13-19(17-7-3-1-4-8-17)18-9-5-2-6-10-18/h1-10,12,14-15,19-21,33H,11,13H2,(H,27,29,30)/t20-,21-/m1/s1. The minimum atomic E-state index is -0.798. The Bertz CT molecular complexity index is 1270. The Morgan fingerprint density at radius 2 is 1.76 bits per heavy atom. The lowest BCUT2D eigenvalue weighted by molar-refractivity contribution is -0.105. The molecule has 166 valence electrons. The normalized spacial score (nSPS) is 18.0. The van der Waals surface area contributed by atoms with Gasteiger partial charge in [-0.15, -0.1) is 0 Å². The largest absolute Gasteiger partial charge is 0.387 e. The number of anilines is 1. The molecule has 0 amide bonds. The maximum atomic E-state index is 11.2. The number of nitrogens with zero attached hydrogens (tertiary/aromatic N) is 4. The van der Waals surface area contributed by atoms with Crippen molar-refractivity contribution in [3.63, 3.8) is 0 Å². The first-order valence-electron chi connectivity index (χ1n) is 10.7. The van der Waals surface area contributed by atoms with Crippen LogP contribution in [0.15, 0.2) is 78.6 Å². The highest BCUT2D eigenvalue weighted by Gasteiger charge is 2.29. The van der Waals surface area contributed by atoms with E-state index in [1.54, 1.807) is 17.0 Å². The molecular weight excluding hydrogens is 438 g/mol. The molecule has 2 aromatic carbocycles. The van der Waals surface area contributed by atoms with Crippen molar-refractivity contribution < 1.29 is 9.90 Å². The second-order valence-corrected chi connectivity index (χ2v) is 8.38. The number of aliphatic hydroxyl groups excluding tert-OH is 1. The van der Waals surface area contributed by atoms with Crippen LogP contribution in [0.5, 0.6) is 0 Å². The van der Waals surface area contributed by atoms with E-state index in [4.69, 9.17) is 11.6 Å². The van der Waals surface area contributed by atoms with Crippen LogP contribution in [-0.4, -0.2) is 43.6 Å². The molecule has 1 aliphatic carbocycles. The van der Waals surface area contributed by atoms with Crippen molar-refractivity contribution in [3.8, 4) is 0 Å². The predicted molar refractivity (Wildman–Crippen MR) is 127 cm³/mol. The highest BCUT2D eigenvalue weighted by molar-refractivity contribution is 6.28. The zero-order valence-corrected chi connectivity index (χ0v) is 18.4. The molecule has 0 bridgehead atoms. The van der Waals surface area contributed by atoms with Gasteiger partial charge in [-0.05, 0) is 40.8 Å². The monoisotopic (exact) mass is 459 g/mol. The fourth-order valence-corrected chi connectivity index (χ4v) is 4.53. The Hall–Kier alpha value is -3.55. The molecule has 0 radical (unpaired) electrons. The molecule has 2 N–H and O–H groups in total. The number of aliphatic hydroxyl groups is 1. The molecule has 0 saturated carbocycles. The van der Waals surface area contributed by atoms with E-state index in [9.17, 15) is 9.90 Å². The molecule has 5 rings (SSSR count). The number of carbonyl (C=O) groups excluding carboxylic acids is 1. The summed E-state index contributed by atoms with van der Waals surface area (Å²) in [5.74, 6) is 0.617. The quantitative estimate of drug-likeness (QED) is 0.318. The fourth-order valence-electron chi connectivity index (χ4n) is 4.36. The number of fused-ring (bicyclic) bond motifs is 1. The number of aromatic nitrogens is 4. The average Bonchev–Trinajstić information content (AvgIpc) is 3.43. The minimum Gasteiger partial charge on any atom is -0.387 e. The molecule has 7 nitrogen and oxygen atoms in total. The molecule has 0 saturated heterocycles. The number of allylic oxidation sites excluding steroid dienone is 1. The lowest BCUT2D eigenvalue weighted by Gasteiger charge is -2.20. The van der Waals surface area contributed by atoms with Crippen LogP contribution in [0.4, 0.5) is 5.82 Å². The topological polar surface area (TPSA) is 92.9 Å². The maximum absolute atomic E-state index is 11.2. The molecular formula is C25H22ClN5O2. The van der Waals surface area contributed by atoms with E-state index in [1.165, 1.54) is 11.1 Å². The lowest BCUT2D eigenvalue weighted by atomic mass is 9.91. The number of halogens is 1. The second kappa shape index (κ2) is 9.13. The summed E-state index contributed by atoms with van der Waals surface area (Å²) in [7, 11) is 0. The van der Waals surface area contributed by atoms with Gasteiger partial charge in [0.1, 0.15) is 6.29 Å². The predicted octanol–water partition coefficient (Wildman–Crippen LogP) is 4.15. The van der Waals surface area contributed by atoms with Crippen molar-refractivity contribution >= 4 is 34.9 Å². The zero-order chi connectivity index (χ0) is 22.8. The van der Waals surface area contributed by atoms with Crippen LogP contribution in [0.2, 0.25) is 5.28 Å². The number of aldehydes is 1. The second-order valence-electron chi connectivity index (χ2n) is 8.04. The van der Waals surface area contributed by atoms with Gasteiger partial charge in [0.25, 0.3) is 0 Å². The smallest absolute Gasteiger partial charge is 0.226 e. The van der Waals surface area contributed by atoms with E-state index in [0.717, 1.165) is 6.29 Å². The summed E-state index contributed by atoms with van der Waals surface area (Å²) in [6.07, 6.45) is 3.56. The summed E-state index contributed by atoms with van der Waals surface area (Å²) in [5, 5.41) is 13.9. The highest BCUT2D eigenvalue weighted by atomic mass is 35.5. The van der Waals surface area contributed by atoms with Crippen LogP contribution in [0.3, 0.4) is 0 Å². The SMILES string of the molecule is O=CC1=C[C@@H](O)[C@H](n2cnc3c(NCC(c4ccccc4)c4ccccc4)nc(Cl)nc32)C1. The van der Waals surface area contributed by atoms with Gasteiger partial charge >= 0.3 is 0 Å². The summed E-state index contributed by atoms with van der Waals surface area (Å²) < 4.78 is 1.76. The van der Waals surface area contributed by atoms with Crippen molar-refractivity contribution in [2.75, 3.05) is 11.9 Å². The van der Waals surface area contributed by atoms with Gasteiger partial charge in [-0.25, -0.2) is 4.98 Å². The Labute approximate surface area is 195 Å². The van der Waals surface area contributed by atoms with E-state index >= 15 is 0 Å². The van der Waals surface area contributed by atoms with Crippen molar-refractivity contribution in [2.45, 2.75) is 24.5 Å². The van der Waals surface area contributed by atoms with Gasteiger partial charge in [0.2, 0.25) is 5.28 Å². The molecule has 0 unspecified atom stereocenters. The molecule has 4 aromatic rings. The molecule has 0 fully saturated rings. The zero-order valence-electron chi connectivity index (χ0n) is 17.7. The molecule has 2 aromatic heterocycles. The summed E-state index contributed by atoms with van der Waals surface area (Å²) in [4.78, 5) is 24.4. The number of rotatable bonds is 7. The van der Waals surface area contributed by atoms with Crippen LogP contribution in [-0.2, 0) is 4.79 Å². The molecule has 33 heavy (non-hydrogen) atoms. The van der Waals surface area contributed by atoms with E-state index in [-0.39, 0.29) is 17.2 Å². The molecule has 1 aliphatic rings. The first-order valence-corrected chi connectivity index (χ1v) is 11.1. The van der Waals surface area contributed by atoms with Gasteiger partial charge in [0.05, 0.1) is 18.5 Å². The number of hydrogen-bond donors (Lipinski definition) is 2.